The Hall–Kier alpha value is -0.570. The van der Waals surface area contributed by atoms with Crippen molar-refractivity contribution in [2.24, 2.45) is 11.8 Å². The third kappa shape index (κ3) is 3.61. The van der Waals surface area contributed by atoms with Crippen molar-refractivity contribution in [3.05, 3.63) is 0 Å². The van der Waals surface area contributed by atoms with Gasteiger partial charge in [0.05, 0.1) is 12.2 Å². The molecule has 0 aromatic heterocycles. The van der Waals surface area contributed by atoms with Crippen LogP contribution in [0.25, 0.3) is 0 Å². The topological polar surface area (TPSA) is 32.3 Å². The monoisotopic (exact) mass is 294 g/mol. The summed E-state index contributed by atoms with van der Waals surface area (Å²) in [4.78, 5) is 15.2. The molecule has 1 saturated carbocycles. The minimum atomic E-state index is 0.0725. The van der Waals surface area contributed by atoms with E-state index >= 15 is 0 Å². The molecule has 1 aliphatic carbocycles. The molecule has 0 radical (unpaired) electrons. The van der Waals surface area contributed by atoms with Crippen molar-refractivity contribution in [2.75, 3.05) is 0 Å². The Morgan fingerprint density at radius 2 is 1.90 bits per heavy atom. The number of nitrogens with one attached hydrogen (secondary N) is 1. The van der Waals surface area contributed by atoms with Crippen molar-refractivity contribution in [3.8, 4) is 0 Å². The molecule has 1 aliphatic heterocycles. The van der Waals surface area contributed by atoms with Crippen LogP contribution in [0.3, 0.4) is 0 Å². The Morgan fingerprint density at radius 3 is 2.43 bits per heavy atom. The normalized spacial score (nSPS) is 28.8. The summed E-state index contributed by atoms with van der Waals surface area (Å²) >= 11 is 0. The average molecular weight is 294 g/mol. The number of carbonyl (C=O) groups is 1. The summed E-state index contributed by atoms with van der Waals surface area (Å²) in [6.45, 7) is 8.94. The predicted molar refractivity (Wildman–Crippen MR) is 88.0 cm³/mol. The number of nitrogens with zero attached hydrogens (tertiary/aromatic N) is 1. The van der Waals surface area contributed by atoms with Crippen LogP contribution in [0.2, 0.25) is 0 Å². The zero-order valence-electron chi connectivity index (χ0n) is 14.4. The van der Waals surface area contributed by atoms with Crippen LogP contribution in [0.1, 0.15) is 79.1 Å². The molecule has 3 heteroatoms. The van der Waals surface area contributed by atoms with E-state index in [1.165, 1.54) is 32.1 Å². The lowest BCUT2D eigenvalue weighted by Gasteiger charge is -2.37. The van der Waals surface area contributed by atoms with Gasteiger partial charge >= 0.3 is 0 Å². The summed E-state index contributed by atoms with van der Waals surface area (Å²) < 4.78 is 0. The molecule has 2 fully saturated rings. The number of carbonyl (C=O) groups excluding carboxylic acids is 1. The Kier molecular flexibility index (Phi) is 6.09. The number of amides is 1. The highest BCUT2D eigenvalue weighted by atomic mass is 16.2. The van der Waals surface area contributed by atoms with Crippen molar-refractivity contribution in [2.45, 2.75) is 97.3 Å². The van der Waals surface area contributed by atoms with Crippen molar-refractivity contribution >= 4 is 5.91 Å². The molecular formula is C18H34N2O. The molecule has 3 atom stereocenters. The SMILES string of the molecule is CCCCC1NC(C2CCCC2)N(C(CC)C(C)C)C1=O. The molecule has 0 spiro atoms. The van der Waals surface area contributed by atoms with Crippen LogP contribution >= 0.6 is 0 Å². The first-order chi connectivity index (χ1) is 10.1. The number of hydrogen-bond donors (Lipinski definition) is 1. The molecule has 2 rings (SSSR count). The van der Waals surface area contributed by atoms with E-state index < -0.39 is 0 Å². The van der Waals surface area contributed by atoms with E-state index in [0.717, 1.165) is 19.3 Å². The zero-order chi connectivity index (χ0) is 15.4. The van der Waals surface area contributed by atoms with E-state index in [9.17, 15) is 4.79 Å². The van der Waals surface area contributed by atoms with Gasteiger partial charge in [0, 0.05) is 6.04 Å². The van der Waals surface area contributed by atoms with Crippen molar-refractivity contribution in [1.82, 2.24) is 10.2 Å². The van der Waals surface area contributed by atoms with Crippen LogP contribution in [0, 0.1) is 11.8 Å². The molecule has 122 valence electrons. The van der Waals surface area contributed by atoms with Crippen LogP contribution in [-0.2, 0) is 4.79 Å². The van der Waals surface area contributed by atoms with Gasteiger partial charge in [0.1, 0.15) is 0 Å². The second-order valence-electron chi connectivity index (χ2n) is 7.32. The van der Waals surface area contributed by atoms with Gasteiger partial charge in [0.2, 0.25) is 5.91 Å². The molecule has 2 aliphatic rings. The van der Waals surface area contributed by atoms with Crippen LogP contribution in [-0.4, -0.2) is 29.1 Å². The van der Waals surface area contributed by atoms with Gasteiger partial charge in [-0.05, 0) is 37.5 Å². The third-order valence-corrected chi connectivity index (χ3v) is 5.46. The van der Waals surface area contributed by atoms with Crippen LogP contribution in [0.4, 0.5) is 0 Å². The first kappa shape index (κ1) is 16.8. The first-order valence-electron chi connectivity index (χ1n) is 9.18. The first-order valence-corrected chi connectivity index (χ1v) is 9.18. The molecule has 3 unspecified atom stereocenters. The van der Waals surface area contributed by atoms with Gasteiger partial charge < -0.3 is 4.90 Å². The molecule has 0 aromatic carbocycles. The Labute approximate surface area is 130 Å². The average Bonchev–Trinajstić information content (AvgIpc) is 3.07. The summed E-state index contributed by atoms with van der Waals surface area (Å²) in [5, 5.41) is 3.71. The molecule has 1 heterocycles. The summed E-state index contributed by atoms with van der Waals surface area (Å²) in [6.07, 6.45) is 9.93. The molecule has 3 nitrogen and oxygen atoms in total. The molecule has 21 heavy (non-hydrogen) atoms. The van der Waals surface area contributed by atoms with E-state index in [1.807, 2.05) is 0 Å². The smallest absolute Gasteiger partial charge is 0.241 e. The molecule has 1 N–H and O–H groups in total. The van der Waals surface area contributed by atoms with Gasteiger partial charge in [0.15, 0.2) is 0 Å². The fourth-order valence-electron chi connectivity index (χ4n) is 4.29. The quantitative estimate of drug-likeness (QED) is 0.771. The Bertz CT molecular complexity index is 336. The fraction of sp³-hybridized carbons (Fsp3) is 0.944. The molecule has 0 aromatic rings. The lowest BCUT2D eigenvalue weighted by molar-refractivity contribution is -0.134. The van der Waals surface area contributed by atoms with E-state index in [1.54, 1.807) is 0 Å². The molecule has 0 bridgehead atoms. The highest BCUT2D eigenvalue weighted by molar-refractivity contribution is 5.84. The lowest BCUT2D eigenvalue weighted by Crippen LogP contribution is -2.49. The van der Waals surface area contributed by atoms with Crippen molar-refractivity contribution in [3.63, 3.8) is 0 Å². The van der Waals surface area contributed by atoms with Gasteiger partial charge in [-0.15, -0.1) is 0 Å². The van der Waals surface area contributed by atoms with Crippen molar-refractivity contribution in [1.29, 1.82) is 0 Å². The number of rotatable bonds is 7. The van der Waals surface area contributed by atoms with E-state index in [-0.39, 0.29) is 6.04 Å². The summed E-state index contributed by atoms with van der Waals surface area (Å²) in [5.41, 5.74) is 0. The standard InChI is InChI=1S/C18H34N2O/c1-5-7-12-15-18(21)20(16(6-2)13(3)4)17(19-15)14-10-8-9-11-14/h13-17,19H,5-12H2,1-4H3. The van der Waals surface area contributed by atoms with Gasteiger partial charge in [-0.1, -0.05) is 53.4 Å². The Morgan fingerprint density at radius 1 is 1.24 bits per heavy atom. The largest absolute Gasteiger partial charge is 0.322 e. The number of hydrogen-bond acceptors (Lipinski definition) is 2. The minimum Gasteiger partial charge on any atom is -0.322 e. The summed E-state index contributed by atoms with van der Waals surface area (Å²) in [7, 11) is 0. The second-order valence-corrected chi connectivity index (χ2v) is 7.32. The van der Waals surface area contributed by atoms with E-state index in [2.05, 4.69) is 37.9 Å². The fourth-order valence-corrected chi connectivity index (χ4v) is 4.29. The maximum absolute atomic E-state index is 12.9. The molecular weight excluding hydrogens is 260 g/mol. The van der Waals surface area contributed by atoms with E-state index in [0.29, 0.717) is 30.0 Å². The van der Waals surface area contributed by atoms with Crippen molar-refractivity contribution < 1.29 is 4.79 Å². The number of unbranched alkanes of at least 4 members (excludes halogenated alkanes) is 1. The summed E-state index contributed by atoms with van der Waals surface area (Å²) in [6, 6.07) is 0.463. The predicted octanol–water partition coefficient (Wildman–Crippen LogP) is 3.93. The minimum absolute atomic E-state index is 0.0725. The van der Waals surface area contributed by atoms with Crippen LogP contribution < -0.4 is 5.32 Å². The lowest BCUT2D eigenvalue weighted by atomic mass is 9.96. The van der Waals surface area contributed by atoms with Crippen LogP contribution in [0.15, 0.2) is 0 Å². The third-order valence-electron chi connectivity index (χ3n) is 5.46. The molecule has 1 amide bonds. The van der Waals surface area contributed by atoms with Gasteiger partial charge in [-0.2, -0.15) is 0 Å². The zero-order valence-corrected chi connectivity index (χ0v) is 14.4. The maximum atomic E-state index is 12.9. The molecule has 1 saturated heterocycles. The van der Waals surface area contributed by atoms with Gasteiger partial charge in [-0.3, -0.25) is 10.1 Å². The summed E-state index contributed by atoms with van der Waals surface area (Å²) in [5.74, 6) is 1.59. The highest BCUT2D eigenvalue weighted by Crippen LogP contribution is 2.35. The van der Waals surface area contributed by atoms with Crippen LogP contribution in [0.5, 0.6) is 0 Å². The highest BCUT2D eigenvalue weighted by Gasteiger charge is 2.45. The van der Waals surface area contributed by atoms with Gasteiger partial charge in [-0.25, -0.2) is 0 Å². The maximum Gasteiger partial charge on any atom is 0.241 e. The van der Waals surface area contributed by atoms with Gasteiger partial charge in [0.25, 0.3) is 0 Å². The van der Waals surface area contributed by atoms with E-state index in [4.69, 9.17) is 0 Å². The Balaban J connectivity index is 2.16. The second kappa shape index (κ2) is 7.62.